The maximum absolute atomic E-state index is 10.8. The standard InChI is InChI=1S/C18H20O4.C3H6O2/c1-18(12-2-3-17(21)22,13-4-8-15(19)9-5-13)14-6-10-16(20)11-7-14;1-2-3(4)5/h4-11,19-20H,2-3,12H2,1H3,(H,21,22);2H2,1H3,(H,4,5). The van der Waals surface area contributed by atoms with Gasteiger partial charge < -0.3 is 20.4 Å². The van der Waals surface area contributed by atoms with Crippen LogP contribution >= 0.6 is 0 Å². The number of carboxylic acid groups (broad SMARTS) is 2. The van der Waals surface area contributed by atoms with Crippen LogP contribution in [0.5, 0.6) is 11.5 Å². The quantitative estimate of drug-likeness (QED) is 0.579. The first kappa shape index (κ1) is 22.0. The summed E-state index contributed by atoms with van der Waals surface area (Å²) in [5.41, 5.74) is 1.62. The molecule has 0 aliphatic carbocycles. The molecule has 6 heteroatoms. The van der Waals surface area contributed by atoms with Gasteiger partial charge in [-0.1, -0.05) is 38.1 Å². The molecule has 146 valence electrons. The van der Waals surface area contributed by atoms with Gasteiger partial charge >= 0.3 is 11.9 Å². The molecule has 0 saturated carbocycles. The Morgan fingerprint density at radius 3 is 1.48 bits per heavy atom. The van der Waals surface area contributed by atoms with E-state index in [9.17, 15) is 19.8 Å². The van der Waals surface area contributed by atoms with Crippen LogP contribution in [0.25, 0.3) is 0 Å². The number of phenols is 2. The van der Waals surface area contributed by atoms with Crippen LogP contribution in [0.15, 0.2) is 48.5 Å². The SMILES string of the molecule is CC(CCCC(=O)O)(c1ccc(O)cc1)c1ccc(O)cc1.CCC(=O)O. The molecule has 0 spiro atoms. The molecule has 0 amide bonds. The first-order valence-electron chi connectivity index (χ1n) is 8.71. The minimum absolute atomic E-state index is 0.117. The normalized spacial score (nSPS) is 10.6. The van der Waals surface area contributed by atoms with E-state index in [0.717, 1.165) is 11.1 Å². The Bertz CT molecular complexity index is 689. The summed E-state index contributed by atoms with van der Waals surface area (Å²) >= 11 is 0. The van der Waals surface area contributed by atoms with Gasteiger partial charge in [0.05, 0.1) is 0 Å². The van der Waals surface area contributed by atoms with Crippen molar-refractivity contribution in [1.82, 2.24) is 0 Å². The Kier molecular flexibility index (Phi) is 8.33. The van der Waals surface area contributed by atoms with Crippen molar-refractivity contribution >= 4 is 11.9 Å². The monoisotopic (exact) mass is 374 g/mol. The van der Waals surface area contributed by atoms with Gasteiger partial charge in [0.15, 0.2) is 0 Å². The van der Waals surface area contributed by atoms with Crippen molar-refractivity contribution in [2.75, 3.05) is 0 Å². The number of rotatable bonds is 7. The Balaban J connectivity index is 0.000000646. The van der Waals surface area contributed by atoms with Crippen molar-refractivity contribution < 1.29 is 30.0 Å². The fourth-order valence-corrected chi connectivity index (χ4v) is 2.71. The molecule has 2 aromatic rings. The minimum atomic E-state index is -0.807. The van der Waals surface area contributed by atoms with E-state index in [1.54, 1.807) is 31.2 Å². The maximum atomic E-state index is 10.8. The summed E-state index contributed by atoms with van der Waals surface area (Å²) in [7, 11) is 0. The Morgan fingerprint density at radius 1 is 0.815 bits per heavy atom. The summed E-state index contributed by atoms with van der Waals surface area (Å²) in [4.78, 5) is 20.1. The first-order valence-corrected chi connectivity index (χ1v) is 8.71. The number of aromatic hydroxyl groups is 2. The average molecular weight is 374 g/mol. The fourth-order valence-electron chi connectivity index (χ4n) is 2.71. The lowest BCUT2D eigenvalue weighted by molar-refractivity contribution is -0.137. The third kappa shape index (κ3) is 7.01. The highest BCUT2D eigenvalue weighted by Gasteiger charge is 2.28. The van der Waals surface area contributed by atoms with Crippen molar-refractivity contribution in [2.45, 2.75) is 44.9 Å². The number of hydrogen-bond acceptors (Lipinski definition) is 4. The minimum Gasteiger partial charge on any atom is -0.508 e. The third-order valence-electron chi connectivity index (χ3n) is 4.38. The van der Waals surface area contributed by atoms with Gasteiger partial charge in [0.2, 0.25) is 0 Å². The predicted molar refractivity (Wildman–Crippen MR) is 102 cm³/mol. The van der Waals surface area contributed by atoms with Gasteiger partial charge in [-0.2, -0.15) is 0 Å². The summed E-state index contributed by atoms with van der Waals surface area (Å²) in [6.07, 6.45) is 1.55. The molecule has 0 fully saturated rings. The second-order valence-electron chi connectivity index (χ2n) is 6.42. The zero-order valence-electron chi connectivity index (χ0n) is 15.6. The molecule has 0 aromatic heterocycles. The van der Waals surface area contributed by atoms with Crippen LogP contribution in [-0.4, -0.2) is 32.4 Å². The van der Waals surface area contributed by atoms with Gasteiger partial charge in [-0.15, -0.1) is 0 Å². The number of benzene rings is 2. The molecular weight excluding hydrogens is 348 g/mol. The fraction of sp³-hybridized carbons (Fsp3) is 0.333. The van der Waals surface area contributed by atoms with Gasteiger partial charge in [0, 0.05) is 18.3 Å². The number of aliphatic carboxylic acids is 2. The third-order valence-corrected chi connectivity index (χ3v) is 4.38. The molecule has 0 saturated heterocycles. The molecule has 4 N–H and O–H groups in total. The summed E-state index contributed by atoms with van der Waals surface area (Å²) < 4.78 is 0. The maximum Gasteiger partial charge on any atom is 0.303 e. The number of phenolic OH excluding ortho intramolecular Hbond substituents is 2. The second kappa shape index (κ2) is 10.2. The molecule has 0 aliphatic heterocycles. The van der Waals surface area contributed by atoms with E-state index in [1.807, 2.05) is 31.2 Å². The molecule has 0 atom stereocenters. The summed E-state index contributed by atoms with van der Waals surface area (Å²) in [5, 5.41) is 35.5. The molecule has 2 aromatic carbocycles. The Hall–Kier alpha value is -3.02. The second-order valence-corrected chi connectivity index (χ2v) is 6.42. The Labute approximate surface area is 158 Å². The summed E-state index contributed by atoms with van der Waals surface area (Å²) in [5.74, 6) is -1.16. The van der Waals surface area contributed by atoms with Gasteiger partial charge in [-0.05, 0) is 48.2 Å². The molecule has 0 aliphatic rings. The van der Waals surface area contributed by atoms with Crippen LogP contribution in [0, 0.1) is 0 Å². The molecular formula is C21H26O6. The van der Waals surface area contributed by atoms with E-state index in [4.69, 9.17) is 10.2 Å². The summed E-state index contributed by atoms with van der Waals surface area (Å²) in [6.45, 7) is 3.65. The first-order chi connectivity index (χ1) is 12.7. The van der Waals surface area contributed by atoms with Gasteiger partial charge in [0.25, 0.3) is 0 Å². The molecule has 2 rings (SSSR count). The molecule has 27 heavy (non-hydrogen) atoms. The zero-order valence-corrected chi connectivity index (χ0v) is 15.6. The molecule has 0 unspecified atom stereocenters. The highest BCUT2D eigenvalue weighted by molar-refractivity contribution is 5.66. The van der Waals surface area contributed by atoms with Crippen LogP contribution in [0.2, 0.25) is 0 Å². The molecule has 0 heterocycles. The van der Waals surface area contributed by atoms with Crippen molar-refractivity contribution in [3.63, 3.8) is 0 Å². The predicted octanol–water partition coefficient (Wildman–Crippen LogP) is 4.14. The molecule has 0 bridgehead atoms. The molecule has 0 radical (unpaired) electrons. The van der Waals surface area contributed by atoms with Crippen LogP contribution in [-0.2, 0) is 15.0 Å². The lowest BCUT2D eigenvalue weighted by Gasteiger charge is -2.31. The lowest BCUT2D eigenvalue weighted by Crippen LogP contribution is -2.24. The number of carbonyl (C=O) groups is 2. The zero-order chi connectivity index (χ0) is 20.4. The van der Waals surface area contributed by atoms with E-state index in [-0.39, 0.29) is 29.8 Å². The largest absolute Gasteiger partial charge is 0.508 e. The van der Waals surface area contributed by atoms with E-state index in [2.05, 4.69) is 0 Å². The van der Waals surface area contributed by atoms with Crippen molar-refractivity contribution in [2.24, 2.45) is 0 Å². The highest BCUT2D eigenvalue weighted by atomic mass is 16.4. The number of carboxylic acids is 2. The van der Waals surface area contributed by atoms with E-state index in [1.165, 1.54) is 0 Å². The van der Waals surface area contributed by atoms with Gasteiger partial charge in [-0.25, -0.2) is 0 Å². The van der Waals surface area contributed by atoms with E-state index in [0.29, 0.717) is 12.8 Å². The topological polar surface area (TPSA) is 115 Å². The van der Waals surface area contributed by atoms with Crippen LogP contribution < -0.4 is 0 Å². The van der Waals surface area contributed by atoms with Crippen LogP contribution in [0.4, 0.5) is 0 Å². The Morgan fingerprint density at radius 2 is 1.19 bits per heavy atom. The smallest absolute Gasteiger partial charge is 0.303 e. The van der Waals surface area contributed by atoms with E-state index < -0.39 is 11.9 Å². The number of hydrogen-bond donors (Lipinski definition) is 4. The van der Waals surface area contributed by atoms with Gasteiger partial charge in [0.1, 0.15) is 11.5 Å². The summed E-state index contributed by atoms with van der Waals surface area (Å²) in [6, 6.07) is 13.9. The van der Waals surface area contributed by atoms with Crippen molar-refractivity contribution in [3.8, 4) is 11.5 Å². The van der Waals surface area contributed by atoms with Crippen molar-refractivity contribution in [3.05, 3.63) is 59.7 Å². The van der Waals surface area contributed by atoms with Crippen molar-refractivity contribution in [1.29, 1.82) is 0 Å². The molecule has 6 nitrogen and oxygen atoms in total. The van der Waals surface area contributed by atoms with Crippen LogP contribution in [0.1, 0.15) is 50.7 Å². The lowest BCUT2D eigenvalue weighted by atomic mass is 9.73. The van der Waals surface area contributed by atoms with Gasteiger partial charge in [-0.3, -0.25) is 9.59 Å². The van der Waals surface area contributed by atoms with E-state index >= 15 is 0 Å². The highest BCUT2D eigenvalue weighted by Crippen LogP contribution is 2.38. The average Bonchev–Trinajstić information content (AvgIpc) is 2.62. The van der Waals surface area contributed by atoms with Crippen LogP contribution in [0.3, 0.4) is 0 Å².